The third-order valence-corrected chi connectivity index (χ3v) is 2.15. The van der Waals surface area contributed by atoms with Crippen molar-refractivity contribution >= 4 is 17.5 Å². The van der Waals surface area contributed by atoms with Gasteiger partial charge in [0.05, 0.1) is 0 Å². The average Bonchev–Trinajstić information content (AvgIpc) is 2.00. The van der Waals surface area contributed by atoms with Gasteiger partial charge in [0.15, 0.2) is 5.71 Å². The van der Waals surface area contributed by atoms with Crippen LogP contribution < -0.4 is 0 Å². The third-order valence-electron chi connectivity index (χ3n) is 1.15. The summed E-state index contributed by atoms with van der Waals surface area (Å²) in [4.78, 5) is 0.330. The Morgan fingerprint density at radius 1 is 1.50 bits per heavy atom. The van der Waals surface area contributed by atoms with E-state index in [1.54, 1.807) is 6.92 Å². The van der Waals surface area contributed by atoms with Crippen LogP contribution in [0.25, 0.3) is 0 Å². The van der Waals surface area contributed by atoms with Gasteiger partial charge in [-0.25, -0.2) is 0 Å². The van der Waals surface area contributed by atoms with E-state index in [0.29, 0.717) is 4.91 Å². The van der Waals surface area contributed by atoms with Gasteiger partial charge in [-0.3, -0.25) is 0 Å². The van der Waals surface area contributed by atoms with E-state index in [-0.39, 0.29) is 4.91 Å². The first kappa shape index (κ1) is 13.1. The smallest absolute Gasteiger partial charge is 0.410 e. The minimum absolute atomic E-state index is 0.160. The van der Waals surface area contributed by atoms with Crippen molar-refractivity contribution in [3.05, 3.63) is 22.5 Å². The molecule has 14 heavy (non-hydrogen) atoms. The molecule has 6 heteroatoms. The number of alkyl halides is 3. The lowest BCUT2D eigenvalue weighted by atomic mass is 10.3. The van der Waals surface area contributed by atoms with Gasteiger partial charge in [0, 0.05) is 4.91 Å². The van der Waals surface area contributed by atoms with E-state index >= 15 is 0 Å². The van der Waals surface area contributed by atoms with Crippen molar-refractivity contribution in [1.82, 2.24) is 0 Å². The number of halogens is 3. The van der Waals surface area contributed by atoms with Gasteiger partial charge in [-0.1, -0.05) is 29.6 Å². The molecule has 80 valence electrons. The lowest BCUT2D eigenvalue weighted by molar-refractivity contribution is -0.0599. The fourth-order valence-electron chi connectivity index (χ4n) is 0.677. The molecule has 0 atom stereocenters. The molecule has 0 aliphatic heterocycles. The second-order valence-corrected chi connectivity index (χ2v) is 3.74. The van der Waals surface area contributed by atoms with Crippen LogP contribution in [0.2, 0.25) is 0 Å². The fourth-order valence-corrected chi connectivity index (χ4v) is 1.42. The van der Waals surface area contributed by atoms with Crippen LogP contribution in [0.5, 0.6) is 0 Å². The summed E-state index contributed by atoms with van der Waals surface area (Å²) < 4.78 is 36.7. The summed E-state index contributed by atoms with van der Waals surface area (Å²) in [5.41, 5.74) is -1.30. The maximum atomic E-state index is 12.2. The first-order valence-electron chi connectivity index (χ1n) is 3.62. The highest BCUT2D eigenvalue weighted by Gasteiger charge is 2.39. The van der Waals surface area contributed by atoms with Gasteiger partial charge in [0.2, 0.25) is 0 Å². The zero-order valence-electron chi connectivity index (χ0n) is 7.72. The first-order valence-corrected chi connectivity index (χ1v) is 4.43. The summed E-state index contributed by atoms with van der Waals surface area (Å²) in [5, 5.41) is 10.5. The molecule has 0 amide bonds. The second-order valence-electron chi connectivity index (χ2n) is 2.40. The summed E-state index contributed by atoms with van der Waals surface area (Å²) in [6.45, 7) is 6.46. The summed E-state index contributed by atoms with van der Waals surface area (Å²) >= 11 is 0.815. The van der Waals surface area contributed by atoms with E-state index in [1.165, 1.54) is 13.0 Å². The van der Waals surface area contributed by atoms with Crippen molar-refractivity contribution in [3.8, 4) is 0 Å². The lowest BCUT2D eigenvalue weighted by Gasteiger charge is -2.11. The number of rotatable bonds is 3. The predicted molar refractivity (Wildman–Crippen MR) is 51.4 cm³/mol. The lowest BCUT2D eigenvalue weighted by Crippen LogP contribution is -2.23. The molecule has 1 N–H and O–H groups in total. The number of nitrogens with zero attached hydrogens (tertiary/aromatic N) is 1. The van der Waals surface area contributed by atoms with Crippen LogP contribution in [0.15, 0.2) is 27.6 Å². The number of hydrogen-bond acceptors (Lipinski definition) is 3. The molecular formula is C8H10F3NOS. The molecule has 0 unspecified atom stereocenters. The van der Waals surface area contributed by atoms with Gasteiger partial charge in [-0.15, -0.1) is 0 Å². The van der Waals surface area contributed by atoms with Crippen molar-refractivity contribution in [1.29, 1.82) is 0 Å². The highest BCUT2D eigenvalue weighted by Crippen LogP contribution is 2.31. The molecule has 0 aromatic rings. The molecule has 0 radical (unpaired) electrons. The fraction of sp³-hybridized carbons (Fsp3) is 0.375. The number of allylic oxidation sites excluding steroid dienone is 3. The molecule has 0 aliphatic rings. The molecule has 0 fully saturated rings. The van der Waals surface area contributed by atoms with Crippen LogP contribution in [-0.4, -0.2) is 17.1 Å². The van der Waals surface area contributed by atoms with Crippen molar-refractivity contribution in [2.75, 3.05) is 0 Å². The Balaban J connectivity index is 4.94. The Labute approximate surface area is 84.2 Å². The molecule has 0 heterocycles. The summed E-state index contributed by atoms with van der Waals surface area (Å²) in [6.07, 6.45) is -3.43. The second kappa shape index (κ2) is 5.09. The van der Waals surface area contributed by atoms with Crippen LogP contribution in [0, 0.1) is 0 Å². The zero-order valence-corrected chi connectivity index (χ0v) is 8.54. The first-order chi connectivity index (χ1) is 6.32. The number of thioether (sulfide) groups is 1. The molecule has 0 aromatic heterocycles. The van der Waals surface area contributed by atoms with Gasteiger partial charge in [-0.2, -0.15) is 13.2 Å². The topological polar surface area (TPSA) is 32.6 Å². The van der Waals surface area contributed by atoms with Crippen molar-refractivity contribution in [2.45, 2.75) is 20.0 Å². The van der Waals surface area contributed by atoms with Crippen LogP contribution in [-0.2, 0) is 0 Å². The highest BCUT2D eigenvalue weighted by molar-refractivity contribution is 8.07. The number of hydrogen-bond donors (Lipinski definition) is 1. The Hall–Kier alpha value is -0.910. The maximum Gasteiger partial charge on any atom is 0.437 e. The zero-order chi connectivity index (χ0) is 11.4. The molecule has 0 aliphatic carbocycles. The van der Waals surface area contributed by atoms with Crippen LogP contribution in [0.1, 0.15) is 13.8 Å². The van der Waals surface area contributed by atoms with E-state index in [9.17, 15) is 13.2 Å². The van der Waals surface area contributed by atoms with Gasteiger partial charge < -0.3 is 5.21 Å². The molecule has 0 bridgehead atoms. The average molecular weight is 225 g/mol. The molecule has 0 saturated heterocycles. The van der Waals surface area contributed by atoms with Gasteiger partial charge in [0.1, 0.15) is 0 Å². The van der Waals surface area contributed by atoms with Crippen molar-refractivity contribution in [2.24, 2.45) is 5.16 Å². The predicted octanol–water partition coefficient (Wildman–Crippen LogP) is 3.55. The van der Waals surface area contributed by atoms with Gasteiger partial charge in [-0.05, 0) is 18.8 Å². The maximum absolute atomic E-state index is 12.2. The largest absolute Gasteiger partial charge is 0.437 e. The summed E-state index contributed by atoms with van der Waals surface area (Å²) in [6, 6.07) is 0. The minimum atomic E-state index is -4.65. The number of oxime groups is 1. The van der Waals surface area contributed by atoms with Crippen molar-refractivity contribution < 1.29 is 18.4 Å². The Bertz CT molecular complexity index is 281. The van der Waals surface area contributed by atoms with Crippen LogP contribution in [0.4, 0.5) is 13.2 Å². The SMILES string of the molecule is C=C(C)SC(=C\C)/C(=N\O)C(F)(F)F. The molecule has 0 rings (SSSR count). The molecule has 2 nitrogen and oxygen atoms in total. The van der Waals surface area contributed by atoms with E-state index in [2.05, 4.69) is 11.7 Å². The normalized spacial score (nSPS) is 14.4. The molecule has 0 saturated carbocycles. The van der Waals surface area contributed by atoms with Gasteiger partial charge >= 0.3 is 6.18 Å². The Kier molecular flexibility index (Phi) is 4.76. The summed E-state index contributed by atoms with van der Waals surface area (Å²) in [7, 11) is 0. The minimum Gasteiger partial charge on any atom is -0.410 e. The molecular weight excluding hydrogens is 215 g/mol. The van der Waals surface area contributed by atoms with Crippen molar-refractivity contribution in [3.63, 3.8) is 0 Å². The monoisotopic (exact) mass is 225 g/mol. The Morgan fingerprint density at radius 2 is 2.00 bits per heavy atom. The van der Waals surface area contributed by atoms with E-state index in [0.717, 1.165) is 11.8 Å². The standard InChI is InChI=1S/C8H10F3NOS/c1-4-6(14-5(2)3)7(12-13)8(9,10)11/h4,13H,2H2,1,3H3/b6-4-,12-7+. The van der Waals surface area contributed by atoms with E-state index in [4.69, 9.17) is 5.21 Å². The quantitative estimate of drug-likeness (QED) is 0.452. The summed E-state index contributed by atoms with van der Waals surface area (Å²) in [5.74, 6) is 0. The molecule has 0 spiro atoms. The van der Waals surface area contributed by atoms with Crippen LogP contribution in [0.3, 0.4) is 0 Å². The van der Waals surface area contributed by atoms with E-state index < -0.39 is 11.9 Å². The van der Waals surface area contributed by atoms with Gasteiger partial charge in [0.25, 0.3) is 0 Å². The highest BCUT2D eigenvalue weighted by atomic mass is 32.2. The Morgan fingerprint density at radius 3 is 2.21 bits per heavy atom. The molecule has 0 aromatic carbocycles. The van der Waals surface area contributed by atoms with E-state index in [1.807, 2.05) is 0 Å². The van der Waals surface area contributed by atoms with Crippen LogP contribution >= 0.6 is 11.8 Å². The third kappa shape index (κ3) is 3.87.